The number of hydrogen-bond donors (Lipinski definition) is 0. The summed E-state index contributed by atoms with van der Waals surface area (Å²) >= 11 is 6.12. The van der Waals surface area contributed by atoms with Crippen molar-refractivity contribution < 1.29 is 9.59 Å². The highest BCUT2D eigenvalue weighted by Crippen LogP contribution is 2.55. The molecule has 2 unspecified atom stereocenters. The second-order valence-electron chi connectivity index (χ2n) is 9.95. The van der Waals surface area contributed by atoms with Crippen LogP contribution in [-0.4, -0.2) is 64.8 Å². The second kappa shape index (κ2) is 8.16. The van der Waals surface area contributed by atoms with E-state index >= 15 is 0 Å². The molecule has 2 amide bonds. The molecule has 1 aromatic carbocycles. The van der Waals surface area contributed by atoms with Gasteiger partial charge in [0.1, 0.15) is 0 Å². The molecule has 30 heavy (non-hydrogen) atoms. The highest BCUT2D eigenvalue weighted by Gasteiger charge is 2.55. The third-order valence-electron chi connectivity index (χ3n) is 7.46. The summed E-state index contributed by atoms with van der Waals surface area (Å²) in [4.78, 5) is 31.8. The van der Waals surface area contributed by atoms with Gasteiger partial charge in [-0.05, 0) is 58.2 Å². The van der Waals surface area contributed by atoms with Gasteiger partial charge in [0, 0.05) is 61.2 Å². The number of benzene rings is 1. The molecule has 0 aromatic heterocycles. The van der Waals surface area contributed by atoms with Crippen LogP contribution in [0.1, 0.15) is 58.6 Å². The van der Waals surface area contributed by atoms with Gasteiger partial charge in [0.15, 0.2) is 0 Å². The van der Waals surface area contributed by atoms with E-state index in [1.165, 1.54) is 5.56 Å². The first kappa shape index (κ1) is 21.6. The minimum atomic E-state index is -0.172. The van der Waals surface area contributed by atoms with Crippen molar-refractivity contribution in [3.8, 4) is 0 Å². The molecule has 0 saturated carbocycles. The largest absolute Gasteiger partial charge is 0.342 e. The van der Waals surface area contributed by atoms with E-state index in [-0.39, 0.29) is 29.2 Å². The smallest absolute Gasteiger partial charge is 0.227 e. The van der Waals surface area contributed by atoms with E-state index in [0.29, 0.717) is 25.0 Å². The molecule has 3 heterocycles. The highest BCUT2D eigenvalue weighted by atomic mass is 35.5. The lowest BCUT2D eigenvalue weighted by atomic mass is 9.62. The van der Waals surface area contributed by atoms with Crippen molar-refractivity contribution in [3.05, 3.63) is 34.9 Å². The van der Waals surface area contributed by atoms with Gasteiger partial charge in [0.2, 0.25) is 11.8 Å². The fraction of sp³-hybridized carbons (Fsp3) is 0.667. The van der Waals surface area contributed by atoms with Crippen molar-refractivity contribution in [2.24, 2.45) is 11.3 Å². The van der Waals surface area contributed by atoms with Crippen LogP contribution in [-0.2, 0) is 9.59 Å². The topological polar surface area (TPSA) is 43.9 Å². The molecule has 5 nitrogen and oxygen atoms in total. The Morgan fingerprint density at radius 2 is 1.70 bits per heavy atom. The molecule has 1 spiro atoms. The standard InChI is InChI=1S/C24H34ClN3O2/c1-16(2)27-14-19(13-21(27)29)23(30)26-11-9-24(10-12-26)15-28(17(3)4)22(24)18-5-7-20(25)8-6-18/h5-8,16-17,19,22H,9-15H2,1-4H3. The van der Waals surface area contributed by atoms with E-state index in [2.05, 4.69) is 30.9 Å². The fourth-order valence-electron chi connectivity index (χ4n) is 5.71. The monoisotopic (exact) mass is 431 g/mol. The van der Waals surface area contributed by atoms with Gasteiger partial charge in [0.05, 0.1) is 5.92 Å². The third-order valence-corrected chi connectivity index (χ3v) is 7.71. The Hall–Kier alpha value is -1.59. The first-order valence-electron chi connectivity index (χ1n) is 11.3. The molecule has 0 aliphatic carbocycles. The molecule has 1 aromatic rings. The molecule has 4 rings (SSSR count). The van der Waals surface area contributed by atoms with Crippen LogP contribution in [0.25, 0.3) is 0 Å². The first-order chi connectivity index (χ1) is 14.2. The van der Waals surface area contributed by atoms with Crippen LogP contribution in [0.15, 0.2) is 24.3 Å². The van der Waals surface area contributed by atoms with Crippen molar-refractivity contribution in [2.45, 2.75) is 65.1 Å². The number of piperidine rings is 1. The maximum atomic E-state index is 13.1. The quantitative estimate of drug-likeness (QED) is 0.724. The summed E-state index contributed by atoms with van der Waals surface area (Å²) < 4.78 is 0. The van der Waals surface area contributed by atoms with Gasteiger partial charge in [0.25, 0.3) is 0 Å². The van der Waals surface area contributed by atoms with Crippen molar-refractivity contribution in [1.82, 2.24) is 14.7 Å². The molecule has 2 atom stereocenters. The number of nitrogens with zero attached hydrogens (tertiary/aromatic N) is 3. The van der Waals surface area contributed by atoms with E-state index in [4.69, 9.17) is 11.6 Å². The molecule has 3 aliphatic rings. The molecule has 0 radical (unpaired) electrons. The Morgan fingerprint density at radius 3 is 2.23 bits per heavy atom. The van der Waals surface area contributed by atoms with Crippen LogP contribution in [0.4, 0.5) is 0 Å². The summed E-state index contributed by atoms with van der Waals surface area (Å²) in [6, 6.07) is 9.32. The van der Waals surface area contributed by atoms with Crippen molar-refractivity contribution in [3.63, 3.8) is 0 Å². The summed E-state index contributed by atoms with van der Waals surface area (Å²) in [6.45, 7) is 11.8. The number of amides is 2. The van der Waals surface area contributed by atoms with Gasteiger partial charge in [-0.2, -0.15) is 0 Å². The minimum Gasteiger partial charge on any atom is -0.342 e. The molecule has 3 saturated heterocycles. The van der Waals surface area contributed by atoms with E-state index < -0.39 is 0 Å². The second-order valence-corrected chi connectivity index (χ2v) is 10.4. The van der Waals surface area contributed by atoms with Crippen molar-refractivity contribution in [2.75, 3.05) is 26.2 Å². The average Bonchev–Trinajstić information content (AvgIpc) is 3.09. The lowest BCUT2D eigenvalue weighted by molar-refractivity contribution is -0.150. The van der Waals surface area contributed by atoms with E-state index in [9.17, 15) is 9.59 Å². The Morgan fingerprint density at radius 1 is 1.07 bits per heavy atom. The predicted molar refractivity (Wildman–Crippen MR) is 119 cm³/mol. The zero-order valence-electron chi connectivity index (χ0n) is 18.6. The Labute approximate surface area is 185 Å². The normalized spacial score (nSPS) is 26.7. The molecule has 3 aliphatic heterocycles. The number of hydrogen-bond acceptors (Lipinski definition) is 3. The van der Waals surface area contributed by atoms with Crippen LogP contribution in [0.3, 0.4) is 0 Å². The van der Waals surface area contributed by atoms with Crippen LogP contribution >= 0.6 is 11.6 Å². The number of halogens is 1. The molecular weight excluding hydrogens is 398 g/mol. The summed E-state index contributed by atoms with van der Waals surface area (Å²) in [5.74, 6) is 0.116. The molecule has 0 bridgehead atoms. The van der Waals surface area contributed by atoms with E-state index in [0.717, 1.165) is 37.5 Å². The first-order valence-corrected chi connectivity index (χ1v) is 11.7. The van der Waals surface area contributed by atoms with Gasteiger partial charge in [-0.25, -0.2) is 0 Å². The predicted octanol–water partition coefficient (Wildman–Crippen LogP) is 3.97. The number of rotatable bonds is 4. The van der Waals surface area contributed by atoms with Crippen LogP contribution in [0.2, 0.25) is 5.02 Å². The van der Waals surface area contributed by atoms with Crippen LogP contribution in [0.5, 0.6) is 0 Å². The molecule has 3 fully saturated rings. The van der Waals surface area contributed by atoms with Crippen LogP contribution < -0.4 is 0 Å². The zero-order valence-corrected chi connectivity index (χ0v) is 19.4. The SMILES string of the molecule is CC(C)N1CC(C(=O)N2CCC3(CC2)CN(C(C)C)C3c2ccc(Cl)cc2)CC1=O. The summed E-state index contributed by atoms with van der Waals surface area (Å²) in [7, 11) is 0. The molecular formula is C24H34ClN3O2. The third kappa shape index (κ3) is 3.75. The Balaban J connectivity index is 1.43. The van der Waals surface area contributed by atoms with Crippen molar-refractivity contribution >= 4 is 23.4 Å². The summed E-state index contributed by atoms with van der Waals surface area (Å²) in [6.07, 6.45) is 2.40. The number of carbonyl (C=O) groups excluding carboxylic acids is 2. The maximum absolute atomic E-state index is 13.1. The Bertz CT molecular complexity index is 799. The van der Waals surface area contributed by atoms with E-state index in [1.54, 1.807) is 0 Å². The van der Waals surface area contributed by atoms with Crippen LogP contribution in [0, 0.1) is 11.3 Å². The number of carbonyl (C=O) groups is 2. The van der Waals surface area contributed by atoms with Crippen molar-refractivity contribution in [1.29, 1.82) is 0 Å². The summed E-state index contributed by atoms with van der Waals surface area (Å²) in [5.41, 5.74) is 1.55. The maximum Gasteiger partial charge on any atom is 0.227 e. The lowest BCUT2D eigenvalue weighted by Gasteiger charge is -2.62. The summed E-state index contributed by atoms with van der Waals surface area (Å²) in [5, 5.41) is 0.769. The Kier molecular flexibility index (Phi) is 5.88. The van der Waals surface area contributed by atoms with Gasteiger partial charge >= 0.3 is 0 Å². The zero-order chi connectivity index (χ0) is 21.6. The fourth-order valence-corrected chi connectivity index (χ4v) is 5.84. The molecule has 0 N–H and O–H groups in total. The van der Waals surface area contributed by atoms with Gasteiger partial charge < -0.3 is 9.80 Å². The molecule has 164 valence electrons. The van der Waals surface area contributed by atoms with E-state index in [1.807, 2.05) is 35.8 Å². The van der Waals surface area contributed by atoms with Gasteiger partial charge in [-0.1, -0.05) is 23.7 Å². The highest BCUT2D eigenvalue weighted by molar-refractivity contribution is 6.30. The van der Waals surface area contributed by atoms with Gasteiger partial charge in [-0.3, -0.25) is 14.5 Å². The average molecular weight is 432 g/mol. The molecule has 6 heteroatoms. The van der Waals surface area contributed by atoms with Gasteiger partial charge in [-0.15, -0.1) is 0 Å². The number of likely N-dealkylation sites (tertiary alicyclic amines) is 3. The lowest BCUT2D eigenvalue weighted by Crippen LogP contribution is -2.64. The minimum absolute atomic E-state index is 0.117.